The molecule has 5 nitrogen and oxygen atoms in total. The minimum atomic E-state index is -0.691. The minimum absolute atomic E-state index is 0.362. The second-order valence-electron chi connectivity index (χ2n) is 3.86. The Hall–Kier alpha value is -1.36. The number of nitrogens with zero attached hydrogens (tertiary/aromatic N) is 1. The highest BCUT2D eigenvalue weighted by Gasteiger charge is 2.23. The van der Waals surface area contributed by atoms with Crippen LogP contribution in [0.15, 0.2) is 6.20 Å². The van der Waals surface area contributed by atoms with Crippen LogP contribution in [0.1, 0.15) is 25.1 Å². The number of aryl methyl sites for hydroxylation is 1. The summed E-state index contributed by atoms with van der Waals surface area (Å²) >= 11 is 0. The summed E-state index contributed by atoms with van der Waals surface area (Å²) in [6, 6.07) is 0. The maximum Gasteiger partial charge on any atom is 0.237 e. The van der Waals surface area contributed by atoms with E-state index in [4.69, 9.17) is 5.73 Å². The van der Waals surface area contributed by atoms with Gasteiger partial charge in [0, 0.05) is 17.8 Å². The molecule has 0 saturated carbocycles. The third-order valence-electron chi connectivity index (χ3n) is 2.27. The molecule has 1 amide bonds. The highest BCUT2D eigenvalue weighted by molar-refractivity contribution is 5.83. The average molecular weight is 196 g/mol. The van der Waals surface area contributed by atoms with Gasteiger partial charge in [-0.05, 0) is 20.8 Å². The van der Waals surface area contributed by atoms with Gasteiger partial charge >= 0.3 is 0 Å². The van der Waals surface area contributed by atoms with E-state index in [-0.39, 0.29) is 5.91 Å². The van der Waals surface area contributed by atoms with Crippen molar-refractivity contribution in [1.29, 1.82) is 0 Å². The second-order valence-corrected chi connectivity index (χ2v) is 3.86. The molecule has 5 heteroatoms. The molecule has 0 aliphatic rings. The zero-order valence-electron chi connectivity index (χ0n) is 8.72. The fraction of sp³-hybridized carbons (Fsp3) is 0.556. The third-order valence-corrected chi connectivity index (χ3v) is 2.27. The van der Waals surface area contributed by atoms with E-state index < -0.39 is 5.54 Å². The first-order valence-corrected chi connectivity index (χ1v) is 4.47. The van der Waals surface area contributed by atoms with Crippen LogP contribution in [0.2, 0.25) is 0 Å². The molecule has 78 valence electrons. The molecule has 14 heavy (non-hydrogen) atoms. The Bertz CT molecular complexity index is 329. The normalized spacial score (nSPS) is 11.6. The summed E-state index contributed by atoms with van der Waals surface area (Å²) in [5.74, 6) is -0.362. The Morgan fingerprint density at radius 1 is 1.71 bits per heavy atom. The van der Waals surface area contributed by atoms with Crippen LogP contribution in [0, 0.1) is 6.92 Å². The number of nitrogens with one attached hydrogen (secondary N) is 2. The molecule has 0 aliphatic heterocycles. The highest BCUT2D eigenvalue weighted by atomic mass is 16.1. The Morgan fingerprint density at radius 3 is 2.79 bits per heavy atom. The number of hydrogen-bond acceptors (Lipinski definition) is 3. The number of amides is 1. The standard InChI is InChI=1S/C9H16N4O/c1-6-7(5-12-13-6)4-11-9(2,3)8(10)14/h5,11H,4H2,1-3H3,(H2,10,14)(H,12,13). The van der Waals surface area contributed by atoms with E-state index in [0.717, 1.165) is 11.3 Å². The monoisotopic (exact) mass is 196 g/mol. The molecule has 0 atom stereocenters. The van der Waals surface area contributed by atoms with Crippen LogP contribution in [0.4, 0.5) is 0 Å². The van der Waals surface area contributed by atoms with Crippen molar-refractivity contribution in [3.8, 4) is 0 Å². The number of primary amides is 1. The van der Waals surface area contributed by atoms with Crippen molar-refractivity contribution in [1.82, 2.24) is 15.5 Å². The van der Waals surface area contributed by atoms with Crippen LogP contribution in [-0.4, -0.2) is 21.6 Å². The van der Waals surface area contributed by atoms with Crippen molar-refractivity contribution >= 4 is 5.91 Å². The van der Waals surface area contributed by atoms with Gasteiger partial charge < -0.3 is 5.73 Å². The molecule has 1 aromatic rings. The molecular formula is C9H16N4O. The first-order valence-electron chi connectivity index (χ1n) is 4.47. The first kappa shape index (κ1) is 10.7. The van der Waals surface area contributed by atoms with Gasteiger partial charge in [-0.3, -0.25) is 15.2 Å². The molecule has 1 rings (SSSR count). The van der Waals surface area contributed by atoms with Crippen LogP contribution in [0.25, 0.3) is 0 Å². The zero-order chi connectivity index (χ0) is 10.8. The van der Waals surface area contributed by atoms with Gasteiger partial charge in [-0.1, -0.05) is 0 Å². The van der Waals surface area contributed by atoms with E-state index in [1.54, 1.807) is 20.0 Å². The number of carbonyl (C=O) groups excluding carboxylic acids is 1. The van der Waals surface area contributed by atoms with Crippen molar-refractivity contribution in [3.05, 3.63) is 17.5 Å². The highest BCUT2D eigenvalue weighted by Crippen LogP contribution is 2.06. The van der Waals surface area contributed by atoms with Crippen molar-refractivity contribution in [2.24, 2.45) is 5.73 Å². The molecule has 1 heterocycles. The number of aromatic amines is 1. The van der Waals surface area contributed by atoms with E-state index in [1.165, 1.54) is 0 Å². The summed E-state index contributed by atoms with van der Waals surface area (Å²) in [7, 11) is 0. The summed E-state index contributed by atoms with van der Waals surface area (Å²) in [6.45, 7) is 6.02. The number of aromatic nitrogens is 2. The number of H-pyrrole nitrogens is 1. The van der Waals surface area contributed by atoms with Crippen LogP contribution >= 0.6 is 0 Å². The fourth-order valence-electron chi connectivity index (χ4n) is 0.957. The molecule has 0 aromatic carbocycles. The molecule has 0 radical (unpaired) electrons. The van der Waals surface area contributed by atoms with Crippen LogP contribution in [-0.2, 0) is 11.3 Å². The molecule has 0 saturated heterocycles. The smallest absolute Gasteiger partial charge is 0.237 e. The van der Waals surface area contributed by atoms with Crippen molar-refractivity contribution in [2.75, 3.05) is 0 Å². The van der Waals surface area contributed by atoms with Gasteiger partial charge in [0.25, 0.3) is 0 Å². The summed E-state index contributed by atoms with van der Waals surface area (Å²) in [4.78, 5) is 11.0. The van der Waals surface area contributed by atoms with E-state index in [9.17, 15) is 4.79 Å². The van der Waals surface area contributed by atoms with Crippen LogP contribution < -0.4 is 11.1 Å². The summed E-state index contributed by atoms with van der Waals surface area (Å²) in [5, 5.41) is 9.78. The van der Waals surface area contributed by atoms with E-state index in [1.807, 2.05) is 6.92 Å². The van der Waals surface area contributed by atoms with Gasteiger partial charge in [-0.15, -0.1) is 0 Å². The summed E-state index contributed by atoms with van der Waals surface area (Å²) < 4.78 is 0. The predicted molar refractivity (Wildman–Crippen MR) is 53.4 cm³/mol. The maximum atomic E-state index is 11.0. The molecule has 0 unspecified atom stereocenters. The van der Waals surface area contributed by atoms with Gasteiger partial charge in [0.05, 0.1) is 11.7 Å². The molecule has 0 spiro atoms. The van der Waals surface area contributed by atoms with E-state index in [0.29, 0.717) is 6.54 Å². The average Bonchev–Trinajstić information content (AvgIpc) is 2.47. The maximum absolute atomic E-state index is 11.0. The van der Waals surface area contributed by atoms with Gasteiger partial charge in [0.15, 0.2) is 0 Å². The number of rotatable bonds is 4. The Labute approximate surface area is 83.1 Å². The fourth-order valence-corrected chi connectivity index (χ4v) is 0.957. The molecular weight excluding hydrogens is 180 g/mol. The molecule has 0 bridgehead atoms. The topological polar surface area (TPSA) is 83.8 Å². The Balaban J connectivity index is 2.57. The van der Waals surface area contributed by atoms with E-state index in [2.05, 4.69) is 15.5 Å². The third kappa shape index (κ3) is 2.32. The van der Waals surface area contributed by atoms with Gasteiger partial charge in [0.1, 0.15) is 0 Å². The van der Waals surface area contributed by atoms with E-state index >= 15 is 0 Å². The molecule has 0 fully saturated rings. The first-order chi connectivity index (χ1) is 6.43. The largest absolute Gasteiger partial charge is 0.368 e. The quantitative estimate of drug-likeness (QED) is 0.637. The lowest BCUT2D eigenvalue weighted by atomic mass is 10.0. The van der Waals surface area contributed by atoms with Crippen molar-refractivity contribution in [3.63, 3.8) is 0 Å². The van der Waals surface area contributed by atoms with Crippen molar-refractivity contribution in [2.45, 2.75) is 32.9 Å². The van der Waals surface area contributed by atoms with Gasteiger partial charge in [0.2, 0.25) is 5.91 Å². The van der Waals surface area contributed by atoms with Crippen LogP contribution in [0.5, 0.6) is 0 Å². The van der Waals surface area contributed by atoms with Gasteiger partial charge in [-0.25, -0.2) is 0 Å². The van der Waals surface area contributed by atoms with Crippen molar-refractivity contribution < 1.29 is 4.79 Å². The summed E-state index contributed by atoms with van der Waals surface area (Å²) in [6.07, 6.45) is 1.74. The lowest BCUT2D eigenvalue weighted by Gasteiger charge is -2.21. The second kappa shape index (κ2) is 3.79. The Morgan fingerprint density at radius 2 is 2.36 bits per heavy atom. The number of nitrogens with two attached hydrogens (primary N) is 1. The molecule has 0 aliphatic carbocycles. The van der Waals surface area contributed by atoms with Gasteiger partial charge in [-0.2, -0.15) is 5.10 Å². The lowest BCUT2D eigenvalue weighted by molar-refractivity contribution is -0.123. The predicted octanol–water partition coefficient (Wildman–Crippen LogP) is 0.0716. The number of carbonyl (C=O) groups is 1. The lowest BCUT2D eigenvalue weighted by Crippen LogP contribution is -2.50. The SMILES string of the molecule is Cc1[nH]ncc1CNC(C)(C)C(N)=O. The molecule has 1 aromatic heterocycles. The number of hydrogen-bond donors (Lipinski definition) is 3. The minimum Gasteiger partial charge on any atom is -0.368 e. The summed E-state index contributed by atoms with van der Waals surface area (Å²) in [5.41, 5.74) is 6.57. The zero-order valence-corrected chi connectivity index (χ0v) is 8.72. The Kier molecular flexibility index (Phi) is 2.90. The van der Waals surface area contributed by atoms with Crippen LogP contribution in [0.3, 0.4) is 0 Å². The molecule has 4 N–H and O–H groups in total.